The van der Waals surface area contributed by atoms with Crippen molar-refractivity contribution in [2.24, 2.45) is 0 Å². The third kappa shape index (κ3) is 4.13. The summed E-state index contributed by atoms with van der Waals surface area (Å²) >= 11 is 6.06. The highest BCUT2D eigenvalue weighted by Gasteiger charge is 2.25. The molecule has 148 valence electrons. The van der Waals surface area contributed by atoms with Crippen LogP contribution in [-0.4, -0.2) is 50.1 Å². The van der Waals surface area contributed by atoms with Crippen LogP contribution in [0.4, 0.5) is 10.5 Å². The number of H-pyrrole nitrogens is 1. The van der Waals surface area contributed by atoms with Crippen molar-refractivity contribution < 1.29 is 4.79 Å². The van der Waals surface area contributed by atoms with E-state index in [1.807, 2.05) is 35.9 Å². The fourth-order valence-corrected chi connectivity index (χ4v) is 3.96. The number of piperidine rings is 1. The number of carbonyl (C=O) groups excluding carboxylic acids is 1. The number of nitrogens with zero attached hydrogens (tertiary/aromatic N) is 4. The maximum atomic E-state index is 11.9. The minimum atomic E-state index is -0.207. The van der Waals surface area contributed by atoms with E-state index in [0.717, 1.165) is 55.2 Å². The molecule has 0 spiro atoms. The molecule has 28 heavy (non-hydrogen) atoms. The van der Waals surface area contributed by atoms with Crippen LogP contribution in [0.25, 0.3) is 5.65 Å². The van der Waals surface area contributed by atoms with Crippen LogP contribution in [0, 0.1) is 0 Å². The Balaban J connectivity index is 1.44. The molecule has 1 aliphatic rings. The zero-order valence-corrected chi connectivity index (χ0v) is 16.5. The SMILES string of the molecule is CCNC(=O)Nc1cn[nH]c1C1CCCN(Cc2cn3cc(Cl)ccc3n2)C1. The van der Waals surface area contributed by atoms with E-state index in [2.05, 4.69) is 25.7 Å². The molecule has 2 amide bonds. The number of pyridine rings is 1. The number of hydrogen-bond acceptors (Lipinski definition) is 4. The van der Waals surface area contributed by atoms with E-state index in [-0.39, 0.29) is 6.03 Å². The molecule has 1 saturated heterocycles. The van der Waals surface area contributed by atoms with Gasteiger partial charge in [0, 0.05) is 37.9 Å². The minimum Gasteiger partial charge on any atom is -0.338 e. The zero-order valence-electron chi connectivity index (χ0n) is 15.8. The Bertz CT molecular complexity index is 966. The van der Waals surface area contributed by atoms with Crippen LogP contribution in [0.15, 0.2) is 30.7 Å². The summed E-state index contributed by atoms with van der Waals surface area (Å²) in [5.41, 5.74) is 3.65. The number of amides is 2. The van der Waals surface area contributed by atoms with Crippen LogP contribution >= 0.6 is 11.6 Å². The highest BCUT2D eigenvalue weighted by molar-refractivity contribution is 6.30. The molecule has 8 nitrogen and oxygen atoms in total. The Labute approximate surface area is 168 Å². The molecule has 9 heteroatoms. The summed E-state index contributed by atoms with van der Waals surface area (Å²) in [4.78, 5) is 19.0. The van der Waals surface area contributed by atoms with Gasteiger partial charge in [-0.2, -0.15) is 5.10 Å². The number of carbonyl (C=O) groups is 1. The monoisotopic (exact) mass is 401 g/mol. The zero-order chi connectivity index (χ0) is 19.5. The smallest absolute Gasteiger partial charge is 0.319 e. The molecule has 1 fully saturated rings. The number of imidazole rings is 1. The number of halogens is 1. The van der Waals surface area contributed by atoms with Crippen LogP contribution in [0.2, 0.25) is 5.02 Å². The lowest BCUT2D eigenvalue weighted by molar-refractivity contribution is 0.197. The van der Waals surface area contributed by atoms with Gasteiger partial charge >= 0.3 is 6.03 Å². The second-order valence-corrected chi connectivity index (χ2v) is 7.54. The largest absolute Gasteiger partial charge is 0.338 e. The van der Waals surface area contributed by atoms with Gasteiger partial charge in [-0.25, -0.2) is 9.78 Å². The number of urea groups is 1. The first-order valence-electron chi connectivity index (χ1n) is 9.56. The van der Waals surface area contributed by atoms with E-state index in [1.54, 1.807) is 6.20 Å². The predicted molar refractivity (Wildman–Crippen MR) is 109 cm³/mol. The number of rotatable bonds is 5. The Kier molecular flexibility index (Phi) is 5.50. The Hall–Kier alpha value is -2.58. The Morgan fingerprint density at radius 3 is 3.14 bits per heavy atom. The first-order valence-corrected chi connectivity index (χ1v) is 9.93. The lowest BCUT2D eigenvalue weighted by Crippen LogP contribution is -2.35. The lowest BCUT2D eigenvalue weighted by Gasteiger charge is -2.32. The number of nitrogens with one attached hydrogen (secondary N) is 3. The first-order chi connectivity index (χ1) is 13.6. The molecule has 4 heterocycles. The molecule has 0 bridgehead atoms. The molecule has 3 aromatic rings. The number of aromatic nitrogens is 4. The van der Waals surface area contributed by atoms with Crippen molar-refractivity contribution in [2.45, 2.75) is 32.2 Å². The van der Waals surface area contributed by atoms with Gasteiger partial charge in [0.05, 0.1) is 28.3 Å². The summed E-state index contributed by atoms with van der Waals surface area (Å²) in [7, 11) is 0. The fraction of sp³-hybridized carbons (Fsp3) is 0.421. The number of likely N-dealkylation sites (tertiary alicyclic amines) is 1. The van der Waals surface area contributed by atoms with Crippen LogP contribution in [0.3, 0.4) is 0 Å². The van der Waals surface area contributed by atoms with E-state index in [4.69, 9.17) is 16.6 Å². The maximum Gasteiger partial charge on any atom is 0.319 e. The highest BCUT2D eigenvalue weighted by atomic mass is 35.5. The molecule has 3 aromatic heterocycles. The van der Waals surface area contributed by atoms with Gasteiger partial charge in [-0.05, 0) is 38.4 Å². The number of fused-ring (bicyclic) bond motifs is 1. The summed E-state index contributed by atoms with van der Waals surface area (Å²) < 4.78 is 1.96. The number of hydrogen-bond donors (Lipinski definition) is 3. The van der Waals surface area contributed by atoms with Crippen molar-refractivity contribution >= 4 is 29.0 Å². The van der Waals surface area contributed by atoms with Crippen LogP contribution < -0.4 is 10.6 Å². The molecule has 1 unspecified atom stereocenters. The molecule has 3 N–H and O–H groups in total. The van der Waals surface area contributed by atoms with E-state index in [9.17, 15) is 4.79 Å². The number of anilines is 1. The molecule has 1 atom stereocenters. The summed E-state index contributed by atoms with van der Waals surface area (Å²) in [6.07, 6.45) is 7.72. The van der Waals surface area contributed by atoms with E-state index >= 15 is 0 Å². The van der Waals surface area contributed by atoms with E-state index in [0.29, 0.717) is 17.5 Å². The van der Waals surface area contributed by atoms with Gasteiger partial charge in [-0.15, -0.1) is 0 Å². The second-order valence-electron chi connectivity index (χ2n) is 7.10. The molecule has 4 rings (SSSR count). The van der Waals surface area contributed by atoms with Gasteiger partial charge in [-0.3, -0.25) is 10.00 Å². The topological polar surface area (TPSA) is 90.3 Å². The summed E-state index contributed by atoms with van der Waals surface area (Å²) in [6, 6.07) is 3.57. The normalized spacial score (nSPS) is 17.7. The van der Waals surface area contributed by atoms with Crippen molar-refractivity contribution in [3.05, 3.63) is 47.1 Å². The van der Waals surface area contributed by atoms with Crippen LogP contribution in [-0.2, 0) is 6.54 Å². The van der Waals surface area contributed by atoms with Crippen molar-refractivity contribution in [1.29, 1.82) is 0 Å². The van der Waals surface area contributed by atoms with Gasteiger partial charge in [0.15, 0.2) is 0 Å². The van der Waals surface area contributed by atoms with Gasteiger partial charge < -0.3 is 15.0 Å². The standard InChI is InChI=1S/C19H24ClN7O/c1-2-21-19(28)24-16-8-22-25-18(16)13-4-3-7-26(9-13)11-15-12-27-10-14(20)5-6-17(27)23-15/h5-6,8,10,12-13H,2-4,7,9,11H2,1H3,(H,22,25)(H2,21,24,28). The van der Waals surface area contributed by atoms with Crippen LogP contribution in [0.1, 0.15) is 37.1 Å². The number of aromatic amines is 1. The average Bonchev–Trinajstić information content (AvgIpc) is 3.28. The quantitative estimate of drug-likeness (QED) is 0.612. The minimum absolute atomic E-state index is 0.207. The van der Waals surface area contributed by atoms with Crippen molar-refractivity contribution in [2.75, 3.05) is 25.0 Å². The lowest BCUT2D eigenvalue weighted by atomic mass is 9.94. The van der Waals surface area contributed by atoms with Gasteiger partial charge in [0.25, 0.3) is 0 Å². The highest BCUT2D eigenvalue weighted by Crippen LogP contribution is 2.31. The average molecular weight is 402 g/mol. The van der Waals surface area contributed by atoms with Gasteiger partial charge in [0.2, 0.25) is 0 Å². The Morgan fingerprint density at radius 1 is 1.39 bits per heavy atom. The van der Waals surface area contributed by atoms with Crippen molar-refractivity contribution in [1.82, 2.24) is 29.8 Å². The fourth-order valence-electron chi connectivity index (χ4n) is 3.79. The van der Waals surface area contributed by atoms with E-state index < -0.39 is 0 Å². The molecular formula is C19H24ClN7O. The van der Waals surface area contributed by atoms with Crippen molar-refractivity contribution in [3.63, 3.8) is 0 Å². The molecule has 0 aromatic carbocycles. The first kappa shape index (κ1) is 18.8. The second kappa shape index (κ2) is 8.20. The summed E-state index contributed by atoms with van der Waals surface area (Å²) in [6.45, 7) is 5.17. The molecule has 0 radical (unpaired) electrons. The van der Waals surface area contributed by atoms with Gasteiger partial charge in [-0.1, -0.05) is 11.6 Å². The summed E-state index contributed by atoms with van der Waals surface area (Å²) in [5.74, 6) is 0.291. The molecule has 0 saturated carbocycles. The Morgan fingerprint density at radius 2 is 2.29 bits per heavy atom. The molecular weight excluding hydrogens is 378 g/mol. The molecule has 1 aliphatic heterocycles. The summed E-state index contributed by atoms with van der Waals surface area (Å²) in [5, 5.41) is 13.6. The van der Waals surface area contributed by atoms with E-state index in [1.165, 1.54) is 0 Å². The molecule has 0 aliphatic carbocycles. The maximum absolute atomic E-state index is 11.9. The van der Waals surface area contributed by atoms with Gasteiger partial charge in [0.1, 0.15) is 5.65 Å². The predicted octanol–water partition coefficient (Wildman–Crippen LogP) is 3.23. The van der Waals surface area contributed by atoms with Crippen LogP contribution in [0.5, 0.6) is 0 Å². The third-order valence-electron chi connectivity index (χ3n) is 5.02. The third-order valence-corrected chi connectivity index (χ3v) is 5.24. The van der Waals surface area contributed by atoms with Crippen molar-refractivity contribution in [3.8, 4) is 0 Å².